The van der Waals surface area contributed by atoms with Crippen LogP contribution in [0.1, 0.15) is 19.3 Å². The maximum absolute atomic E-state index is 12.0. The normalized spacial score (nSPS) is 16.0. The molecule has 1 aliphatic heterocycles. The number of rotatable bonds is 9. The number of benzene rings is 1. The topological polar surface area (TPSA) is 94.1 Å². The van der Waals surface area contributed by atoms with Crippen molar-refractivity contribution in [2.45, 2.75) is 19.3 Å². The first kappa shape index (κ1) is 19.1. The van der Waals surface area contributed by atoms with Crippen molar-refractivity contribution in [3.05, 3.63) is 24.3 Å². The van der Waals surface area contributed by atoms with Gasteiger partial charge in [-0.25, -0.2) is 0 Å². The number of carboxylic acids is 1. The molecule has 0 radical (unpaired) electrons. The van der Waals surface area contributed by atoms with Crippen LogP contribution in [0, 0.1) is 11.8 Å². The summed E-state index contributed by atoms with van der Waals surface area (Å²) in [6.45, 7) is 1.49. The van der Waals surface area contributed by atoms with Gasteiger partial charge in [-0.3, -0.25) is 9.59 Å². The van der Waals surface area contributed by atoms with Crippen LogP contribution in [0.4, 0.5) is 0 Å². The fourth-order valence-electron chi connectivity index (χ4n) is 2.88. The second-order valence-electron chi connectivity index (χ2n) is 5.95. The summed E-state index contributed by atoms with van der Waals surface area (Å²) in [6, 6.07) is 7.20. The van der Waals surface area contributed by atoms with Crippen LogP contribution in [-0.2, 0) is 14.3 Å². The molecule has 2 N–H and O–H groups in total. The van der Waals surface area contributed by atoms with E-state index in [4.69, 9.17) is 14.2 Å². The van der Waals surface area contributed by atoms with Crippen LogP contribution in [0.15, 0.2) is 24.3 Å². The Bertz CT molecular complexity index is 570. The number of carbonyl (C=O) groups excluding carboxylic acids is 1. The van der Waals surface area contributed by atoms with Gasteiger partial charge in [0.05, 0.1) is 26.1 Å². The first-order chi connectivity index (χ1) is 12.1. The molecule has 0 aliphatic carbocycles. The quantitative estimate of drug-likeness (QED) is 0.703. The Balaban J connectivity index is 1.74. The van der Waals surface area contributed by atoms with E-state index in [0.29, 0.717) is 37.6 Å². The van der Waals surface area contributed by atoms with E-state index >= 15 is 0 Å². The molecule has 138 valence electrons. The van der Waals surface area contributed by atoms with Gasteiger partial charge in [-0.15, -0.1) is 0 Å². The Hall–Kier alpha value is -2.28. The smallest absolute Gasteiger partial charge is 0.308 e. The number of nitrogens with one attached hydrogen (secondary N) is 1. The summed E-state index contributed by atoms with van der Waals surface area (Å²) in [4.78, 5) is 23.4. The minimum atomic E-state index is -0.877. The van der Waals surface area contributed by atoms with E-state index in [2.05, 4.69) is 5.32 Å². The van der Waals surface area contributed by atoms with Crippen molar-refractivity contribution in [2.75, 3.05) is 33.5 Å². The SMILES string of the molecule is COc1ccccc1OCCC(=O)NCC(C(=O)O)C1CCOCC1. The maximum atomic E-state index is 12.0. The van der Waals surface area contributed by atoms with Crippen molar-refractivity contribution in [2.24, 2.45) is 11.8 Å². The van der Waals surface area contributed by atoms with E-state index < -0.39 is 11.9 Å². The van der Waals surface area contributed by atoms with E-state index in [-0.39, 0.29) is 31.4 Å². The van der Waals surface area contributed by atoms with E-state index in [9.17, 15) is 14.7 Å². The molecular formula is C18H25NO6. The Morgan fingerprint density at radius 2 is 1.96 bits per heavy atom. The molecule has 25 heavy (non-hydrogen) atoms. The summed E-state index contributed by atoms with van der Waals surface area (Å²) in [7, 11) is 1.55. The molecule has 7 nitrogen and oxygen atoms in total. The molecule has 0 saturated carbocycles. The number of aliphatic carboxylic acids is 1. The third kappa shape index (κ3) is 5.94. The molecule has 1 heterocycles. The van der Waals surface area contributed by atoms with Gasteiger partial charge < -0.3 is 24.6 Å². The zero-order valence-corrected chi connectivity index (χ0v) is 14.4. The van der Waals surface area contributed by atoms with Gasteiger partial charge in [0, 0.05) is 19.8 Å². The summed E-state index contributed by atoms with van der Waals surface area (Å²) in [5.41, 5.74) is 0. The van der Waals surface area contributed by atoms with Gasteiger partial charge in [-0.1, -0.05) is 12.1 Å². The average Bonchev–Trinajstić information content (AvgIpc) is 2.63. The van der Waals surface area contributed by atoms with Gasteiger partial charge in [0.15, 0.2) is 11.5 Å². The number of methoxy groups -OCH3 is 1. The predicted molar refractivity (Wildman–Crippen MR) is 90.8 cm³/mol. The highest BCUT2D eigenvalue weighted by atomic mass is 16.5. The fourth-order valence-corrected chi connectivity index (χ4v) is 2.88. The lowest BCUT2D eigenvalue weighted by atomic mass is 9.86. The lowest BCUT2D eigenvalue weighted by Gasteiger charge is -2.27. The number of amides is 1. The predicted octanol–water partition coefficient (Wildman–Crippen LogP) is 1.71. The first-order valence-electron chi connectivity index (χ1n) is 8.45. The number of ether oxygens (including phenoxy) is 3. The molecule has 1 atom stereocenters. The minimum absolute atomic E-state index is 0.0383. The summed E-state index contributed by atoms with van der Waals surface area (Å²) in [5.74, 6) is -0.471. The molecule has 1 saturated heterocycles. The molecule has 1 amide bonds. The van der Waals surface area contributed by atoms with E-state index in [0.717, 1.165) is 0 Å². The van der Waals surface area contributed by atoms with Crippen molar-refractivity contribution in [1.82, 2.24) is 5.32 Å². The highest BCUT2D eigenvalue weighted by Gasteiger charge is 2.29. The molecule has 7 heteroatoms. The van der Waals surface area contributed by atoms with Crippen molar-refractivity contribution in [1.29, 1.82) is 0 Å². The molecule has 0 bridgehead atoms. The number of hydrogen-bond acceptors (Lipinski definition) is 5. The van der Waals surface area contributed by atoms with Gasteiger partial charge in [0.25, 0.3) is 0 Å². The largest absolute Gasteiger partial charge is 0.493 e. The van der Waals surface area contributed by atoms with Crippen LogP contribution in [0.5, 0.6) is 11.5 Å². The first-order valence-corrected chi connectivity index (χ1v) is 8.45. The standard InChI is InChI=1S/C18H25NO6/c1-23-15-4-2-3-5-16(15)25-11-8-17(20)19-12-14(18(21)22)13-6-9-24-10-7-13/h2-5,13-14H,6-12H2,1H3,(H,19,20)(H,21,22). The van der Waals surface area contributed by atoms with Crippen molar-refractivity contribution < 1.29 is 28.9 Å². The molecule has 1 fully saturated rings. The Kier molecular flexibility index (Phi) is 7.53. The van der Waals surface area contributed by atoms with E-state index in [1.165, 1.54) is 0 Å². The van der Waals surface area contributed by atoms with Gasteiger partial charge in [-0.2, -0.15) is 0 Å². The van der Waals surface area contributed by atoms with Crippen LogP contribution in [0.25, 0.3) is 0 Å². The fraction of sp³-hybridized carbons (Fsp3) is 0.556. The van der Waals surface area contributed by atoms with Crippen LogP contribution in [-0.4, -0.2) is 50.5 Å². The van der Waals surface area contributed by atoms with Gasteiger partial charge in [-0.05, 0) is 30.9 Å². The molecule has 1 aliphatic rings. The lowest BCUT2D eigenvalue weighted by molar-refractivity contribution is -0.145. The maximum Gasteiger partial charge on any atom is 0.308 e. The summed E-state index contributed by atoms with van der Waals surface area (Å²) < 4.78 is 16.0. The van der Waals surface area contributed by atoms with Crippen molar-refractivity contribution in [3.63, 3.8) is 0 Å². The Morgan fingerprint density at radius 3 is 2.60 bits per heavy atom. The number of carboxylic acid groups (broad SMARTS) is 1. The molecule has 2 rings (SSSR count). The summed E-state index contributed by atoms with van der Waals surface area (Å²) in [5, 5.41) is 12.1. The third-order valence-electron chi connectivity index (χ3n) is 4.33. The molecule has 1 aromatic rings. The molecule has 1 unspecified atom stereocenters. The summed E-state index contributed by atoms with van der Waals surface area (Å²) >= 11 is 0. The van der Waals surface area contributed by atoms with Crippen molar-refractivity contribution in [3.8, 4) is 11.5 Å². The number of hydrogen-bond donors (Lipinski definition) is 2. The van der Waals surface area contributed by atoms with Gasteiger partial charge >= 0.3 is 5.97 Å². The highest BCUT2D eigenvalue weighted by molar-refractivity contribution is 5.77. The third-order valence-corrected chi connectivity index (χ3v) is 4.33. The van der Waals surface area contributed by atoms with Gasteiger partial charge in [0.1, 0.15) is 0 Å². The van der Waals surface area contributed by atoms with Crippen LogP contribution >= 0.6 is 0 Å². The minimum Gasteiger partial charge on any atom is -0.493 e. The zero-order chi connectivity index (χ0) is 18.1. The Morgan fingerprint density at radius 1 is 1.28 bits per heavy atom. The van der Waals surface area contributed by atoms with Crippen molar-refractivity contribution >= 4 is 11.9 Å². The lowest BCUT2D eigenvalue weighted by Crippen LogP contribution is -2.39. The summed E-state index contributed by atoms with van der Waals surface area (Å²) in [6.07, 6.45) is 1.58. The molecule has 0 aromatic heterocycles. The monoisotopic (exact) mass is 351 g/mol. The molecular weight excluding hydrogens is 326 g/mol. The zero-order valence-electron chi connectivity index (χ0n) is 14.4. The van der Waals surface area contributed by atoms with Crippen LogP contribution < -0.4 is 14.8 Å². The van der Waals surface area contributed by atoms with Crippen LogP contribution in [0.2, 0.25) is 0 Å². The second kappa shape index (κ2) is 9.88. The average molecular weight is 351 g/mol. The second-order valence-corrected chi connectivity index (χ2v) is 5.95. The van der Waals surface area contributed by atoms with E-state index in [1.54, 1.807) is 19.2 Å². The number of para-hydroxylation sites is 2. The molecule has 1 aromatic carbocycles. The molecule has 0 spiro atoms. The highest BCUT2D eigenvalue weighted by Crippen LogP contribution is 2.26. The van der Waals surface area contributed by atoms with E-state index in [1.807, 2.05) is 12.1 Å². The van der Waals surface area contributed by atoms with Crippen LogP contribution in [0.3, 0.4) is 0 Å². The Labute approximate surface area is 147 Å². The number of carbonyl (C=O) groups is 2. The van der Waals surface area contributed by atoms with Gasteiger partial charge in [0.2, 0.25) is 5.91 Å².